The van der Waals surface area contributed by atoms with Crippen molar-refractivity contribution in [1.82, 2.24) is 9.55 Å². The average molecular weight is 281 g/mol. The van der Waals surface area contributed by atoms with E-state index in [0.29, 0.717) is 5.69 Å². The molecule has 19 heavy (non-hydrogen) atoms. The zero-order valence-corrected chi connectivity index (χ0v) is 11.4. The van der Waals surface area contributed by atoms with Gasteiger partial charge in [-0.15, -0.1) is 0 Å². The number of aliphatic hydroxyl groups is 1. The fourth-order valence-corrected chi connectivity index (χ4v) is 2.61. The Kier molecular flexibility index (Phi) is 3.59. The van der Waals surface area contributed by atoms with Crippen molar-refractivity contribution in [2.45, 2.75) is 18.1 Å². The van der Waals surface area contributed by atoms with E-state index in [1.165, 1.54) is 12.5 Å². The monoisotopic (exact) mass is 281 g/mol. The molecule has 2 N–H and O–H groups in total. The number of benzene rings is 1. The van der Waals surface area contributed by atoms with Crippen molar-refractivity contribution in [3.8, 4) is 0 Å². The number of imidazole rings is 1. The first-order valence-corrected chi connectivity index (χ1v) is 7.15. The van der Waals surface area contributed by atoms with Crippen molar-refractivity contribution in [2.75, 3.05) is 4.72 Å². The molecule has 0 saturated carbocycles. The molecule has 0 spiro atoms. The largest absolute Gasteiger partial charge is 0.389 e. The van der Waals surface area contributed by atoms with Crippen molar-refractivity contribution in [3.63, 3.8) is 0 Å². The molecule has 0 radical (unpaired) electrons. The Bertz CT molecular complexity index is 660. The second-order valence-electron chi connectivity index (χ2n) is 4.28. The highest BCUT2D eigenvalue weighted by molar-refractivity contribution is 7.92. The summed E-state index contributed by atoms with van der Waals surface area (Å²) in [4.78, 5) is 3.80. The Morgan fingerprint density at radius 2 is 1.95 bits per heavy atom. The number of aromatic nitrogens is 2. The van der Waals surface area contributed by atoms with Crippen molar-refractivity contribution in [1.29, 1.82) is 0 Å². The van der Waals surface area contributed by atoms with E-state index in [1.807, 2.05) is 0 Å². The van der Waals surface area contributed by atoms with Crippen LogP contribution in [0.15, 0.2) is 41.8 Å². The van der Waals surface area contributed by atoms with Gasteiger partial charge in [-0.1, -0.05) is 12.1 Å². The van der Waals surface area contributed by atoms with Crippen LogP contribution in [0.2, 0.25) is 0 Å². The zero-order chi connectivity index (χ0) is 14.0. The van der Waals surface area contributed by atoms with E-state index in [1.54, 1.807) is 42.8 Å². The number of aryl methyl sites for hydroxylation is 1. The summed E-state index contributed by atoms with van der Waals surface area (Å²) in [7, 11) is -1.97. The van der Waals surface area contributed by atoms with Gasteiger partial charge in [0, 0.05) is 18.9 Å². The molecule has 1 heterocycles. The molecule has 0 aliphatic heterocycles. The molecule has 7 heteroatoms. The lowest BCUT2D eigenvalue weighted by Gasteiger charge is -2.08. The lowest BCUT2D eigenvalue weighted by atomic mass is 10.1. The Hall–Kier alpha value is -1.86. The number of aliphatic hydroxyl groups excluding tert-OH is 1. The van der Waals surface area contributed by atoms with Crippen LogP contribution >= 0.6 is 0 Å². The van der Waals surface area contributed by atoms with Crippen LogP contribution < -0.4 is 4.72 Å². The summed E-state index contributed by atoms with van der Waals surface area (Å²) in [5.41, 5.74) is 1.15. The third-order valence-corrected chi connectivity index (χ3v) is 3.87. The molecule has 1 unspecified atom stereocenters. The minimum Gasteiger partial charge on any atom is -0.389 e. The van der Waals surface area contributed by atoms with E-state index in [0.717, 1.165) is 5.56 Å². The lowest BCUT2D eigenvalue weighted by Crippen LogP contribution is -2.13. The minimum atomic E-state index is -3.67. The second-order valence-corrected chi connectivity index (χ2v) is 5.91. The highest BCUT2D eigenvalue weighted by Gasteiger charge is 2.17. The van der Waals surface area contributed by atoms with Crippen LogP contribution in [0.3, 0.4) is 0 Å². The third kappa shape index (κ3) is 3.12. The summed E-state index contributed by atoms with van der Waals surface area (Å²) < 4.78 is 28.0. The number of anilines is 1. The highest BCUT2D eigenvalue weighted by Crippen LogP contribution is 2.18. The van der Waals surface area contributed by atoms with Crippen LogP contribution in [0.1, 0.15) is 18.6 Å². The van der Waals surface area contributed by atoms with Crippen LogP contribution in [0.5, 0.6) is 0 Å². The molecule has 102 valence electrons. The smallest absolute Gasteiger partial charge is 0.280 e. The first-order valence-electron chi connectivity index (χ1n) is 5.67. The first kappa shape index (κ1) is 13.6. The molecule has 1 aromatic carbocycles. The maximum atomic E-state index is 12.0. The normalized spacial score (nSPS) is 13.2. The Balaban J connectivity index is 2.21. The molecule has 0 aliphatic carbocycles. The van der Waals surface area contributed by atoms with Gasteiger partial charge in [0.1, 0.15) is 0 Å². The van der Waals surface area contributed by atoms with Crippen molar-refractivity contribution < 1.29 is 13.5 Å². The summed E-state index contributed by atoms with van der Waals surface area (Å²) in [5.74, 6) is 0. The number of hydrogen-bond donors (Lipinski definition) is 2. The van der Waals surface area contributed by atoms with Crippen LogP contribution in [0.25, 0.3) is 0 Å². The van der Waals surface area contributed by atoms with Crippen molar-refractivity contribution in [2.24, 2.45) is 7.05 Å². The number of sulfonamides is 1. The van der Waals surface area contributed by atoms with Gasteiger partial charge in [-0.25, -0.2) is 4.98 Å². The summed E-state index contributed by atoms with van der Waals surface area (Å²) in [6.45, 7) is 1.65. The molecule has 2 aromatic rings. The molecule has 0 aliphatic rings. The minimum absolute atomic E-state index is 0.0328. The third-order valence-electron chi connectivity index (χ3n) is 2.60. The van der Waals surface area contributed by atoms with E-state index in [9.17, 15) is 13.5 Å². The van der Waals surface area contributed by atoms with Gasteiger partial charge in [-0.3, -0.25) is 4.72 Å². The van der Waals surface area contributed by atoms with Gasteiger partial charge in [0.2, 0.25) is 0 Å². The summed E-state index contributed by atoms with van der Waals surface area (Å²) in [5, 5.41) is 9.34. The lowest BCUT2D eigenvalue weighted by molar-refractivity contribution is 0.199. The molecule has 0 saturated heterocycles. The number of rotatable bonds is 4. The topological polar surface area (TPSA) is 84.2 Å². The van der Waals surface area contributed by atoms with E-state index in [-0.39, 0.29) is 5.03 Å². The number of nitrogens with zero attached hydrogens (tertiary/aromatic N) is 2. The van der Waals surface area contributed by atoms with E-state index in [2.05, 4.69) is 9.71 Å². The maximum absolute atomic E-state index is 12.0. The zero-order valence-electron chi connectivity index (χ0n) is 10.6. The summed E-state index contributed by atoms with van der Waals surface area (Å²) in [6.07, 6.45) is 2.26. The van der Waals surface area contributed by atoms with Gasteiger partial charge in [-0.2, -0.15) is 8.42 Å². The molecular formula is C12H15N3O3S. The van der Waals surface area contributed by atoms with Gasteiger partial charge in [-0.05, 0) is 24.6 Å². The van der Waals surface area contributed by atoms with Crippen molar-refractivity contribution >= 4 is 15.7 Å². The fourth-order valence-electron chi connectivity index (χ4n) is 1.56. The summed E-state index contributed by atoms with van der Waals surface area (Å²) >= 11 is 0. The fraction of sp³-hybridized carbons (Fsp3) is 0.250. The summed E-state index contributed by atoms with van der Waals surface area (Å²) in [6, 6.07) is 6.53. The molecule has 1 aromatic heterocycles. The van der Waals surface area contributed by atoms with Gasteiger partial charge in [0.05, 0.1) is 12.4 Å². The molecule has 1 atom stereocenters. The Morgan fingerprint density at radius 1 is 1.32 bits per heavy atom. The quantitative estimate of drug-likeness (QED) is 0.884. The number of hydrogen-bond acceptors (Lipinski definition) is 4. The second kappa shape index (κ2) is 5.02. The number of nitrogens with one attached hydrogen (secondary N) is 1. The molecule has 0 amide bonds. The molecule has 0 bridgehead atoms. The maximum Gasteiger partial charge on any atom is 0.280 e. The highest BCUT2D eigenvalue weighted by atomic mass is 32.2. The average Bonchev–Trinajstić information content (AvgIpc) is 2.77. The molecular weight excluding hydrogens is 266 g/mol. The van der Waals surface area contributed by atoms with Gasteiger partial charge in [0.15, 0.2) is 5.03 Å². The first-order chi connectivity index (χ1) is 8.88. The van der Waals surface area contributed by atoms with Crippen LogP contribution in [0, 0.1) is 0 Å². The van der Waals surface area contributed by atoms with Crippen LogP contribution in [-0.2, 0) is 17.1 Å². The van der Waals surface area contributed by atoms with E-state index in [4.69, 9.17) is 0 Å². The predicted octanol–water partition coefficient (Wildman–Crippen LogP) is 1.27. The van der Waals surface area contributed by atoms with Gasteiger partial charge >= 0.3 is 0 Å². The van der Waals surface area contributed by atoms with Gasteiger partial charge in [0.25, 0.3) is 10.0 Å². The van der Waals surface area contributed by atoms with Crippen molar-refractivity contribution in [3.05, 3.63) is 42.4 Å². The SMILES string of the molecule is CC(O)c1ccc(NS(=O)(=O)c2cn(C)cn2)cc1. The Morgan fingerprint density at radius 3 is 2.42 bits per heavy atom. The predicted molar refractivity (Wildman–Crippen MR) is 71.1 cm³/mol. The van der Waals surface area contributed by atoms with Gasteiger partial charge < -0.3 is 9.67 Å². The molecule has 6 nitrogen and oxygen atoms in total. The molecule has 0 fully saturated rings. The standard InChI is InChI=1S/C12H15N3O3S/c1-9(16)10-3-5-11(6-4-10)14-19(17,18)12-7-15(2)8-13-12/h3-9,14,16H,1-2H3. The molecule has 2 rings (SSSR count). The Labute approximate surface area is 111 Å². The van der Waals surface area contributed by atoms with E-state index >= 15 is 0 Å². The van der Waals surface area contributed by atoms with Crippen LogP contribution in [-0.4, -0.2) is 23.1 Å². The van der Waals surface area contributed by atoms with Crippen LogP contribution in [0.4, 0.5) is 5.69 Å². The van der Waals surface area contributed by atoms with E-state index < -0.39 is 16.1 Å².